The number of nitrogens with zero attached hydrogens (tertiary/aromatic N) is 1. The summed E-state index contributed by atoms with van der Waals surface area (Å²) in [6, 6.07) is 8.85. The van der Waals surface area contributed by atoms with Gasteiger partial charge < -0.3 is 10.7 Å². The summed E-state index contributed by atoms with van der Waals surface area (Å²) in [6.45, 7) is 0.442. The molecule has 0 spiro atoms. The Kier molecular flexibility index (Phi) is 3.84. The first-order valence-corrected chi connectivity index (χ1v) is 9.65. The molecular weight excluding hydrogens is 383 g/mol. The van der Waals surface area contributed by atoms with E-state index in [1.54, 1.807) is 36.5 Å². The molecule has 0 aliphatic carbocycles. The van der Waals surface area contributed by atoms with Gasteiger partial charge >= 0.3 is 10.2 Å². The van der Waals surface area contributed by atoms with E-state index in [4.69, 9.17) is 28.9 Å². The smallest absolute Gasteiger partial charge is 0.302 e. The Morgan fingerprint density at radius 2 is 1.88 bits per heavy atom. The Balaban J connectivity index is 1.76. The Morgan fingerprint density at radius 3 is 2.60 bits per heavy atom. The lowest BCUT2D eigenvalue weighted by Crippen LogP contribution is -2.39. The molecule has 0 radical (unpaired) electrons. The summed E-state index contributed by atoms with van der Waals surface area (Å²) < 4.78 is 29.3. The summed E-state index contributed by atoms with van der Waals surface area (Å²) in [5.74, 6) is 0. The summed E-state index contributed by atoms with van der Waals surface area (Å²) in [6.07, 6.45) is 1.59. The number of benzene rings is 2. The molecule has 3 aromatic rings. The quantitative estimate of drug-likeness (QED) is 0.576. The minimum absolute atomic E-state index is 0.210. The fourth-order valence-corrected chi connectivity index (χ4v) is 4.84. The molecule has 0 saturated heterocycles. The number of hydrogen-bond donors (Lipinski definition) is 3. The molecule has 4 N–H and O–H groups in total. The van der Waals surface area contributed by atoms with Gasteiger partial charge in [0.1, 0.15) is 0 Å². The van der Waals surface area contributed by atoms with Crippen LogP contribution in [0.4, 0.5) is 11.4 Å². The third kappa shape index (κ3) is 2.83. The van der Waals surface area contributed by atoms with E-state index in [0.29, 0.717) is 32.3 Å². The molecule has 25 heavy (non-hydrogen) atoms. The monoisotopic (exact) mass is 396 g/mol. The van der Waals surface area contributed by atoms with Crippen molar-refractivity contribution in [1.29, 1.82) is 0 Å². The number of rotatable bonds is 2. The van der Waals surface area contributed by atoms with Gasteiger partial charge in [-0.2, -0.15) is 12.7 Å². The molecule has 130 valence electrons. The lowest BCUT2D eigenvalue weighted by Gasteiger charge is -2.29. The minimum Gasteiger partial charge on any atom is -0.399 e. The van der Waals surface area contributed by atoms with Crippen LogP contribution < -0.4 is 10.5 Å². The lowest BCUT2D eigenvalue weighted by atomic mass is 10.1. The highest BCUT2D eigenvalue weighted by molar-refractivity contribution is 7.90. The molecule has 9 heteroatoms. The standard InChI is InChI=1S/C16H14Cl2N4O2S/c17-12-5-10-8-22(7-9-1-3-11(19)4-2-9)25(23,24)21-15(10)16-14(12)13(18)6-20-16/h1-6,20-21H,7-8,19H2. The number of aromatic nitrogens is 1. The predicted molar refractivity (Wildman–Crippen MR) is 101 cm³/mol. The van der Waals surface area contributed by atoms with E-state index < -0.39 is 10.2 Å². The molecule has 0 amide bonds. The summed E-state index contributed by atoms with van der Waals surface area (Å²) in [5, 5.41) is 1.54. The predicted octanol–water partition coefficient (Wildman–Crippen LogP) is 3.73. The van der Waals surface area contributed by atoms with Crippen molar-refractivity contribution < 1.29 is 8.42 Å². The van der Waals surface area contributed by atoms with Crippen LogP contribution in [0.2, 0.25) is 10.0 Å². The minimum atomic E-state index is -3.69. The summed E-state index contributed by atoms with van der Waals surface area (Å²) in [4.78, 5) is 2.99. The van der Waals surface area contributed by atoms with Crippen molar-refractivity contribution in [2.45, 2.75) is 13.1 Å². The Hall–Kier alpha value is -1.93. The van der Waals surface area contributed by atoms with Crippen LogP contribution in [0, 0.1) is 0 Å². The van der Waals surface area contributed by atoms with Crippen molar-refractivity contribution in [1.82, 2.24) is 9.29 Å². The normalized spacial score (nSPS) is 16.6. The molecule has 2 aromatic carbocycles. The second kappa shape index (κ2) is 5.81. The van der Waals surface area contributed by atoms with E-state index in [0.717, 1.165) is 11.1 Å². The number of nitrogen functional groups attached to an aromatic ring is 1. The molecule has 2 heterocycles. The number of halogens is 2. The molecule has 4 rings (SSSR count). The summed E-state index contributed by atoms with van der Waals surface area (Å²) in [7, 11) is -3.69. The zero-order valence-corrected chi connectivity index (χ0v) is 15.2. The zero-order valence-electron chi connectivity index (χ0n) is 12.9. The number of aromatic amines is 1. The zero-order chi connectivity index (χ0) is 17.8. The maximum atomic E-state index is 12.7. The number of H-pyrrole nitrogens is 1. The van der Waals surface area contributed by atoms with Gasteiger partial charge in [0.2, 0.25) is 0 Å². The van der Waals surface area contributed by atoms with Gasteiger partial charge in [-0.25, -0.2) is 0 Å². The molecule has 1 aliphatic rings. The largest absolute Gasteiger partial charge is 0.399 e. The van der Waals surface area contributed by atoms with Gasteiger partial charge in [-0.05, 0) is 29.3 Å². The Bertz CT molecular complexity index is 1080. The summed E-state index contributed by atoms with van der Waals surface area (Å²) >= 11 is 12.4. The molecule has 0 unspecified atom stereocenters. The van der Waals surface area contributed by atoms with Crippen molar-refractivity contribution in [3.05, 3.63) is 57.7 Å². The maximum absolute atomic E-state index is 12.7. The molecule has 1 aliphatic heterocycles. The van der Waals surface area contributed by atoms with Crippen LogP contribution in [0.25, 0.3) is 10.9 Å². The van der Waals surface area contributed by atoms with E-state index in [1.807, 2.05) is 0 Å². The molecule has 1 aromatic heterocycles. The van der Waals surface area contributed by atoms with Gasteiger partial charge in [0.15, 0.2) is 0 Å². The molecule has 0 fully saturated rings. The van der Waals surface area contributed by atoms with Crippen LogP contribution in [0.1, 0.15) is 11.1 Å². The van der Waals surface area contributed by atoms with E-state index in [9.17, 15) is 8.42 Å². The lowest BCUT2D eigenvalue weighted by molar-refractivity contribution is 0.400. The van der Waals surface area contributed by atoms with Gasteiger partial charge in [-0.1, -0.05) is 35.3 Å². The van der Waals surface area contributed by atoms with Gasteiger partial charge in [-0.15, -0.1) is 0 Å². The van der Waals surface area contributed by atoms with Gasteiger partial charge in [-0.3, -0.25) is 4.72 Å². The van der Waals surface area contributed by atoms with E-state index >= 15 is 0 Å². The Labute approximate surface area is 154 Å². The third-order valence-electron chi connectivity index (χ3n) is 4.20. The number of fused-ring (bicyclic) bond motifs is 3. The Morgan fingerprint density at radius 1 is 1.16 bits per heavy atom. The number of nitrogens with one attached hydrogen (secondary N) is 2. The van der Waals surface area contributed by atoms with Crippen LogP contribution in [-0.2, 0) is 23.3 Å². The first kappa shape index (κ1) is 16.5. The highest BCUT2D eigenvalue weighted by Crippen LogP contribution is 2.40. The van der Waals surface area contributed by atoms with Gasteiger partial charge in [0.05, 0.1) is 21.2 Å². The SMILES string of the molecule is Nc1ccc(CN2Cc3cc(Cl)c4c(Cl)c[nH]c4c3NS2(=O)=O)cc1. The molecular formula is C16H14Cl2N4O2S. The first-order valence-electron chi connectivity index (χ1n) is 7.45. The molecule has 0 saturated carbocycles. The van der Waals surface area contributed by atoms with Crippen molar-refractivity contribution in [2.75, 3.05) is 10.5 Å². The van der Waals surface area contributed by atoms with Crippen LogP contribution >= 0.6 is 23.2 Å². The third-order valence-corrected chi connectivity index (χ3v) is 6.20. The summed E-state index contributed by atoms with van der Waals surface area (Å²) in [5.41, 5.74) is 9.00. The highest BCUT2D eigenvalue weighted by Gasteiger charge is 2.31. The average molecular weight is 397 g/mol. The molecule has 0 bridgehead atoms. The van der Waals surface area contributed by atoms with E-state index in [-0.39, 0.29) is 13.1 Å². The fraction of sp³-hybridized carbons (Fsp3) is 0.125. The second-order valence-electron chi connectivity index (χ2n) is 5.90. The average Bonchev–Trinajstić information content (AvgIpc) is 2.94. The van der Waals surface area contributed by atoms with E-state index in [1.165, 1.54) is 4.31 Å². The maximum Gasteiger partial charge on any atom is 0.302 e. The van der Waals surface area contributed by atoms with Gasteiger partial charge in [0, 0.05) is 30.4 Å². The van der Waals surface area contributed by atoms with Crippen molar-refractivity contribution in [3.63, 3.8) is 0 Å². The number of hydrogen-bond acceptors (Lipinski definition) is 3. The van der Waals surface area contributed by atoms with Crippen molar-refractivity contribution in [2.24, 2.45) is 0 Å². The molecule has 0 atom stereocenters. The second-order valence-corrected chi connectivity index (χ2v) is 8.38. The number of nitrogens with two attached hydrogens (primary N) is 1. The van der Waals surface area contributed by atoms with Crippen LogP contribution in [0.15, 0.2) is 36.5 Å². The van der Waals surface area contributed by atoms with Crippen LogP contribution in [0.3, 0.4) is 0 Å². The van der Waals surface area contributed by atoms with Crippen molar-refractivity contribution >= 4 is 55.7 Å². The van der Waals surface area contributed by atoms with Crippen LogP contribution in [-0.4, -0.2) is 17.7 Å². The topological polar surface area (TPSA) is 91.2 Å². The van der Waals surface area contributed by atoms with E-state index in [2.05, 4.69) is 9.71 Å². The van der Waals surface area contributed by atoms with Crippen molar-refractivity contribution in [3.8, 4) is 0 Å². The highest BCUT2D eigenvalue weighted by atomic mass is 35.5. The first-order chi connectivity index (χ1) is 11.8. The van der Waals surface area contributed by atoms with Crippen LogP contribution in [0.5, 0.6) is 0 Å². The fourth-order valence-electron chi connectivity index (χ4n) is 2.97. The molecule has 6 nitrogen and oxygen atoms in total. The number of anilines is 2. The van der Waals surface area contributed by atoms with Gasteiger partial charge in [0.25, 0.3) is 0 Å².